The van der Waals surface area contributed by atoms with Gasteiger partial charge in [-0.2, -0.15) is 0 Å². The number of rotatable bonds is 5. The molecule has 2 aromatic rings. The van der Waals surface area contributed by atoms with Crippen LogP contribution in [-0.2, 0) is 22.7 Å². The average Bonchev–Trinajstić information content (AvgIpc) is 2.61. The summed E-state index contributed by atoms with van der Waals surface area (Å²) in [6, 6.07) is 11.1. The molecule has 2 aromatic carbocycles. The van der Waals surface area contributed by atoms with Gasteiger partial charge in [0.1, 0.15) is 5.82 Å². The van der Waals surface area contributed by atoms with Crippen molar-refractivity contribution in [2.24, 2.45) is 0 Å². The number of nitrogens with zero attached hydrogens (tertiary/aromatic N) is 1. The van der Waals surface area contributed by atoms with Crippen LogP contribution in [0.2, 0.25) is 0 Å². The van der Waals surface area contributed by atoms with Gasteiger partial charge in [0.05, 0.1) is 30.1 Å². The second kappa shape index (κ2) is 10.8. The number of ether oxygens (including phenoxy) is 2. The van der Waals surface area contributed by atoms with Gasteiger partial charge in [-0.3, -0.25) is 0 Å². The number of nitrogens with two attached hydrogens (primary N) is 1. The Balaban J connectivity index is 0.000000303. The molecule has 0 aliphatic carbocycles. The van der Waals surface area contributed by atoms with Crippen molar-refractivity contribution in [1.82, 2.24) is 0 Å². The molecule has 2 rings (SSSR count). The van der Waals surface area contributed by atoms with Gasteiger partial charge in [-0.25, -0.2) is 4.39 Å². The number of benzene rings is 2. The first-order chi connectivity index (χ1) is 13.7. The van der Waals surface area contributed by atoms with E-state index in [1.165, 1.54) is 6.07 Å². The van der Waals surface area contributed by atoms with E-state index in [1.807, 2.05) is 80.8 Å². The van der Waals surface area contributed by atoms with Gasteiger partial charge in [0, 0.05) is 19.8 Å². The van der Waals surface area contributed by atoms with E-state index in [2.05, 4.69) is 6.07 Å². The molecule has 0 atom stereocenters. The van der Waals surface area contributed by atoms with Crippen LogP contribution in [0.4, 0.5) is 15.8 Å². The Labute approximate surface area is 182 Å². The quantitative estimate of drug-likeness (QED) is 0.596. The summed E-state index contributed by atoms with van der Waals surface area (Å²) in [4.78, 5) is 1.76. The number of nitrogen functional groups attached to an aromatic ring is 1. The third kappa shape index (κ3) is 10.1. The van der Waals surface area contributed by atoms with Crippen LogP contribution < -0.4 is 10.6 Å². The summed E-state index contributed by atoms with van der Waals surface area (Å²) in [7, 11) is 3.65. The molecule has 0 fully saturated rings. The van der Waals surface area contributed by atoms with Crippen molar-refractivity contribution in [2.45, 2.75) is 72.9 Å². The van der Waals surface area contributed by atoms with Crippen molar-refractivity contribution in [3.63, 3.8) is 0 Å². The molecule has 0 spiro atoms. The van der Waals surface area contributed by atoms with Gasteiger partial charge in [-0.15, -0.1) is 0 Å². The molecule has 0 bridgehead atoms. The first kappa shape index (κ1) is 25.9. The summed E-state index contributed by atoms with van der Waals surface area (Å²) in [5, 5.41) is 0. The zero-order valence-corrected chi connectivity index (χ0v) is 20.1. The monoisotopic (exact) mass is 418 g/mol. The number of hydrogen-bond donors (Lipinski definition) is 1. The van der Waals surface area contributed by atoms with Crippen LogP contribution in [0.25, 0.3) is 0 Å². The van der Waals surface area contributed by atoms with Gasteiger partial charge in [0.15, 0.2) is 0 Å². The highest BCUT2D eigenvalue weighted by Gasteiger charge is 2.12. The minimum atomic E-state index is -0.204. The highest BCUT2D eigenvalue weighted by Crippen LogP contribution is 2.21. The Morgan fingerprint density at radius 1 is 0.833 bits per heavy atom. The second-order valence-corrected chi connectivity index (χ2v) is 9.67. The summed E-state index contributed by atoms with van der Waals surface area (Å²) in [6.45, 7) is 15.3. The molecule has 0 heterocycles. The normalized spacial score (nSPS) is 11.7. The highest BCUT2D eigenvalue weighted by molar-refractivity contribution is 5.49. The molecule has 0 aromatic heterocycles. The lowest BCUT2D eigenvalue weighted by Gasteiger charge is -2.20. The minimum absolute atomic E-state index is 0.0976. The molecule has 0 amide bonds. The van der Waals surface area contributed by atoms with Crippen LogP contribution in [-0.4, -0.2) is 25.3 Å². The van der Waals surface area contributed by atoms with E-state index in [9.17, 15) is 4.39 Å². The summed E-state index contributed by atoms with van der Waals surface area (Å²) >= 11 is 0. The van der Waals surface area contributed by atoms with Crippen LogP contribution in [0.15, 0.2) is 36.4 Å². The Hall–Kier alpha value is -2.11. The fourth-order valence-electron chi connectivity index (χ4n) is 2.37. The van der Waals surface area contributed by atoms with E-state index in [1.54, 1.807) is 11.0 Å². The maximum absolute atomic E-state index is 13.4. The fourth-order valence-corrected chi connectivity index (χ4v) is 2.37. The second-order valence-electron chi connectivity index (χ2n) is 9.67. The zero-order valence-electron chi connectivity index (χ0n) is 20.1. The molecule has 5 heteroatoms. The Bertz CT molecular complexity index is 806. The molecule has 0 saturated carbocycles. The van der Waals surface area contributed by atoms with Crippen molar-refractivity contribution in [3.8, 4) is 0 Å². The summed E-state index contributed by atoms with van der Waals surface area (Å²) in [6.07, 6.45) is 0. The maximum Gasteiger partial charge on any atom is 0.146 e. The van der Waals surface area contributed by atoms with E-state index < -0.39 is 0 Å². The van der Waals surface area contributed by atoms with Gasteiger partial charge in [0.2, 0.25) is 0 Å². The topological polar surface area (TPSA) is 47.7 Å². The molecule has 0 radical (unpaired) electrons. The molecule has 0 aliphatic rings. The number of halogens is 1. The molecule has 0 saturated heterocycles. The molecule has 0 aliphatic heterocycles. The Kier molecular flexibility index (Phi) is 9.32. The van der Waals surface area contributed by atoms with Crippen molar-refractivity contribution in [3.05, 3.63) is 58.9 Å². The number of aryl methyl sites for hydroxylation is 1. The summed E-state index contributed by atoms with van der Waals surface area (Å²) in [5.41, 5.74) is 10.2. The smallest absolute Gasteiger partial charge is 0.146 e. The lowest BCUT2D eigenvalue weighted by Crippen LogP contribution is -2.19. The van der Waals surface area contributed by atoms with Crippen molar-refractivity contribution >= 4 is 11.4 Å². The van der Waals surface area contributed by atoms with E-state index in [-0.39, 0.29) is 17.0 Å². The largest absolute Gasteiger partial charge is 0.399 e. The van der Waals surface area contributed by atoms with Crippen LogP contribution in [0, 0.1) is 12.7 Å². The van der Waals surface area contributed by atoms with Crippen molar-refractivity contribution in [1.29, 1.82) is 0 Å². The number of hydrogen-bond acceptors (Lipinski definition) is 4. The van der Waals surface area contributed by atoms with Crippen molar-refractivity contribution < 1.29 is 13.9 Å². The van der Waals surface area contributed by atoms with Crippen LogP contribution in [0.3, 0.4) is 0 Å². The minimum Gasteiger partial charge on any atom is -0.399 e. The standard InChI is InChI=1S/C13H20FNO.C12H19NO/c1-13(2,3)16-9-10-6-7-11(14)12(8-10)15(4)5;1-9-5-6-10(7-11(9)13)8-14-12(2,3)4/h6-8H,9H2,1-5H3;5-7H,8,13H2,1-4H3. The van der Waals surface area contributed by atoms with E-state index in [4.69, 9.17) is 15.2 Å². The predicted molar refractivity (Wildman–Crippen MR) is 125 cm³/mol. The summed E-state index contributed by atoms with van der Waals surface area (Å²) < 4.78 is 24.7. The lowest BCUT2D eigenvalue weighted by molar-refractivity contribution is -0.0152. The van der Waals surface area contributed by atoms with E-state index in [0.29, 0.717) is 18.9 Å². The Morgan fingerprint density at radius 2 is 1.30 bits per heavy atom. The van der Waals surface area contributed by atoms with E-state index >= 15 is 0 Å². The van der Waals surface area contributed by atoms with Crippen molar-refractivity contribution in [2.75, 3.05) is 24.7 Å². The molecule has 30 heavy (non-hydrogen) atoms. The zero-order chi connectivity index (χ0) is 23.1. The van der Waals surface area contributed by atoms with Gasteiger partial charge >= 0.3 is 0 Å². The SMILES string of the molecule is CN(C)c1cc(COC(C)(C)C)ccc1F.Cc1ccc(COC(C)(C)C)cc1N. The average molecular weight is 419 g/mol. The first-order valence-electron chi connectivity index (χ1n) is 10.3. The molecule has 0 unspecified atom stereocenters. The maximum atomic E-state index is 13.4. The Morgan fingerprint density at radius 3 is 1.73 bits per heavy atom. The molecular weight excluding hydrogens is 379 g/mol. The molecule has 4 nitrogen and oxygen atoms in total. The van der Waals surface area contributed by atoms with Crippen LogP contribution in [0.1, 0.15) is 58.2 Å². The number of anilines is 2. The van der Waals surface area contributed by atoms with Gasteiger partial charge < -0.3 is 20.1 Å². The third-order valence-electron chi connectivity index (χ3n) is 4.18. The third-order valence-corrected chi connectivity index (χ3v) is 4.18. The lowest BCUT2D eigenvalue weighted by atomic mass is 10.1. The molecule has 168 valence electrons. The fraction of sp³-hybridized carbons (Fsp3) is 0.520. The molecular formula is C25H39FN2O2. The van der Waals surface area contributed by atoms with E-state index in [0.717, 1.165) is 22.4 Å². The molecule has 2 N–H and O–H groups in total. The van der Waals surface area contributed by atoms with Gasteiger partial charge in [0.25, 0.3) is 0 Å². The first-order valence-corrected chi connectivity index (χ1v) is 10.3. The highest BCUT2D eigenvalue weighted by atomic mass is 19.1. The van der Waals surface area contributed by atoms with Crippen LogP contribution in [0.5, 0.6) is 0 Å². The van der Waals surface area contributed by atoms with Crippen LogP contribution >= 0.6 is 0 Å². The predicted octanol–water partition coefficient (Wildman–Crippen LogP) is 6.10. The van der Waals surface area contributed by atoms with Gasteiger partial charge in [-0.05, 0) is 83.4 Å². The summed E-state index contributed by atoms with van der Waals surface area (Å²) in [5.74, 6) is -0.204. The van der Waals surface area contributed by atoms with Gasteiger partial charge in [-0.1, -0.05) is 18.2 Å².